The van der Waals surface area contributed by atoms with E-state index in [0.717, 1.165) is 56.8 Å². The lowest BCUT2D eigenvalue weighted by atomic mass is 10.1. The highest BCUT2D eigenvalue weighted by atomic mass is 35.5. The summed E-state index contributed by atoms with van der Waals surface area (Å²) in [5, 5.41) is 0.427. The Hall–Kier alpha value is -2.96. The molecule has 4 rings (SSSR count). The molecular weight excluding hydrogens is 468 g/mol. The Morgan fingerprint density at radius 3 is 2.44 bits per heavy atom. The molecule has 176 valence electrons. The van der Waals surface area contributed by atoms with Crippen LogP contribution in [0, 0.1) is 34.6 Å². The molecule has 2 amide bonds. The molecule has 1 aliphatic rings. The maximum Gasteiger partial charge on any atom is 0.293 e. The number of benzene rings is 2. The first kappa shape index (κ1) is 24.2. The third kappa shape index (κ3) is 4.79. The van der Waals surface area contributed by atoms with Gasteiger partial charge in [0.1, 0.15) is 12.4 Å². The van der Waals surface area contributed by atoms with Crippen LogP contribution in [0.1, 0.15) is 33.6 Å². The summed E-state index contributed by atoms with van der Waals surface area (Å²) in [7, 11) is 0. The zero-order valence-electron chi connectivity index (χ0n) is 19.9. The van der Waals surface area contributed by atoms with Gasteiger partial charge < -0.3 is 9.30 Å². The number of aromatic nitrogens is 1. The molecular formula is C27H27ClN2O3S. The number of carbonyl (C=O) groups excluding carboxylic acids is 2. The number of imide groups is 1. The zero-order valence-corrected chi connectivity index (χ0v) is 21.5. The molecule has 34 heavy (non-hydrogen) atoms. The Balaban J connectivity index is 1.51. The first-order valence-corrected chi connectivity index (χ1v) is 12.3. The fourth-order valence-electron chi connectivity index (χ4n) is 4.00. The SMILES string of the molecule is Cc1ccc(C)c(OCCN2C(=O)S/C(=C\c3cc(C)n(-c4ccc(C)c(Cl)c4)c3C)C2=O)c1. The number of hydrogen-bond donors (Lipinski definition) is 0. The monoisotopic (exact) mass is 494 g/mol. The van der Waals surface area contributed by atoms with Gasteiger partial charge in [0.05, 0.1) is 11.4 Å². The van der Waals surface area contributed by atoms with Crippen LogP contribution in [-0.4, -0.2) is 33.8 Å². The second-order valence-corrected chi connectivity index (χ2v) is 9.95. The minimum atomic E-state index is -0.289. The van der Waals surface area contributed by atoms with Crippen LogP contribution in [0.25, 0.3) is 11.8 Å². The van der Waals surface area contributed by atoms with Crippen molar-refractivity contribution in [3.05, 3.63) is 86.0 Å². The molecule has 1 aromatic heterocycles. The van der Waals surface area contributed by atoms with E-state index in [1.165, 1.54) is 4.90 Å². The van der Waals surface area contributed by atoms with Crippen LogP contribution in [-0.2, 0) is 4.79 Å². The lowest BCUT2D eigenvalue weighted by Crippen LogP contribution is -2.32. The van der Waals surface area contributed by atoms with Crippen molar-refractivity contribution in [3.8, 4) is 11.4 Å². The molecule has 0 saturated carbocycles. The minimum Gasteiger partial charge on any atom is -0.491 e. The van der Waals surface area contributed by atoms with Crippen molar-refractivity contribution in [2.45, 2.75) is 34.6 Å². The summed E-state index contributed by atoms with van der Waals surface area (Å²) in [6.45, 7) is 10.4. The third-order valence-electron chi connectivity index (χ3n) is 5.96. The first-order chi connectivity index (χ1) is 16.2. The number of rotatable bonds is 6. The van der Waals surface area contributed by atoms with Gasteiger partial charge in [0.15, 0.2) is 0 Å². The molecule has 2 aromatic carbocycles. The summed E-state index contributed by atoms with van der Waals surface area (Å²) in [5.41, 5.74) is 6.98. The predicted octanol–water partition coefficient (Wildman–Crippen LogP) is 6.79. The summed E-state index contributed by atoms with van der Waals surface area (Å²) in [4.78, 5) is 27.2. The Morgan fingerprint density at radius 1 is 0.971 bits per heavy atom. The normalized spacial score (nSPS) is 15.0. The van der Waals surface area contributed by atoms with Gasteiger partial charge in [-0.3, -0.25) is 14.5 Å². The molecule has 0 bridgehead atoms. The van der Waals surface area contributed by atoms with Gasteiger partial charge >= 0.3 is 0 Å². The molecule has 1 fully saturated rings. The maximum absolute atomic E-state index is 13.0. The van der Waals surface area contributed by atoms with E-state index in [1.54, 1.807) is 6.08 Å². The van der Waals surface area contributed by atoms with Crippen molar-refractivity contribution in [2.75, 3.05) is 13.2 Å². The van der Waals surface area contributed by atoms with E-state index >= 15 is 0 Å². The van der Waals surface area contributed by atoms with Gasteiger partial charge in [0, 0.05) is 22.1 Å². The van der Waals surface area contributed by atoms with Crippen LogP contribution in [0.15, 0.2) is 47.4 Å². The first-order valence-electron chi connectivity index (χ1n) is 11.1. The molecule has 0 N–H and O–H groups in total. The number of nitrogens with zero attached hydrogens (tertiary/aromatic N) is 2. The van der Waals surface area contributed by atoms with Gasteiger partial charge in [-0.2, -0.15) is 0 Å². The molecule has 2 heterocycles. The van der Waals surface area contributed by atoms with Crippen molar-refractivity contribution in [3.63, 3.8) is 0 Å². The van der Waals surface area contributed by atoms with E-state index in [-0.39, 0.29) is 24.3 Å². The highest BCUT2D eigenvalue weighted by Crippen LogP contribution is 2.34. The van der Waals surface area contributed by atoms with Crippen LogP contribution in [0.2, 0.25) is 5.02 Å². The second kappa shape index (κ2) is 9.72. The second-order valence-electron chi connectivity index (χ2n) is 8.55. The lowest BCUT2D eigenvalue weighted by Gasteiger charge is -2.14. The van der Waals surface area contributed by atoms with E-state index in [2.05, 4.69) is 4.57 Å². The molecule has 0 spiro atoms. The summed E-state index contributed by atoms with van der Waals surface area (Å²) < 4.78 is 7.94. The Morgan fingerprint density at radius 2 is 1.71 bits per heavy atom. The molecule has 0 radical (unpaired) electrons. The quantitative estimate of drug-likeness (QED) is 0.354. The predicted molar refractivity (Wildman–Crippen MR) is 139 cm³/mol. The van der Waals surface area contributed by atoms with Crippen molar-refractivity contribution >= 4 is 40.6 Å². The van der Waals surface area contributed by atoms with Crippen LogP contribution in [0.3, 0.4) is 0 Å². The number of amides is 2. The van der Waals surface area contributed by atoms with Crippen LogP contribution in [0.4, 0.5) is 4.79 Å². The number of carbonyl (C=O) groups is 2. The van der Waals surface area contributed by atoms with Gasteiger partial charge in [0.2, 0.25) is 0 Å². The molecule has 0 atom stereocenters. The average Bonchev–Trinajstić information content (AvgIpc) is 3.21. The molecule has 1 aliphatic heterocycles. The average molecular weight is 495 g/mol. The largest absolute Gasteiger partial charge is 0.491 e. The highest BCUT2D eigenvalue weighted by Gasteiger charge is 2.35. The fraction of sp³-hybridized carbons (Fsp3) is 0.259. The Kier molecular flexibility index (Phi) is 6.91. The molecule has 7 heteroatoms. The summed E-state index contributed by atoms with van der Waals surface area (Å²) in [6.07, 6.45) is 1.80. The maximum atomic E-state index is 13.0. The molecule has 5 nitrogen and oxygen atoms in total. The van der Waals surface area contributed by atoms with Gasteiger partial charge in [-0.25, -0.2) is 0 Å². The van der Waals surface area contributed by atoms with Gasteiger partial charge in [0.25, 0.3) is 11.1 Å². The topological polar surface area (TPSA) is 51.5 Å². The minimum absolute atomic E-state index is 0.205. The van der Waals surface area contributed by atoms with Gasteiger partial charge in [-0.1, -0.05) is 29.8 Å². The van der Waals surface area contributed by atoms with Crippen LogP contribution >= 0.6 is 23.4 Å². The molecule has 0 aliphatic carbocycles. The van der Waals surface area contributed by atoms with Gasteiger partial charge in [-0.05, 0) is 99.0 Å². The molecule has 1 saturated heterocycles. The summed E-state index contributed by atoms with van der Waals surface area (Å²) >= 11 is 7.30. The number of thioether (sulfide) groups is 1. The molecule has 0 unspecified atom stereocenters. The zero-order chi connectivity index (χ0) is 24.6. The van der Waals surface area contributed by atoms with E-state index in [9.17, 15) is 9.59 Å². The Bertz CT molecular complexity index is 1330. The third-order valence-corrected chi connectivity index (χ3v) is 7.27. The number of aryl methyl sites for hydroxylation is 4. The smallest absolute Gasteiger partial charge is 0.293 e. The van der Waals surface area contributed by atoms with Crippen molar-refractivity contribution in [1.82, 2.24) is 9.47 Å². The van der Waals surface area contributed by atoms with E-state index in [1.807, 2.05) is 77.1 Å². The standard InChI is InChI=1S/C27H27ClN2O3S/c1-16-6-7-18(3)24(12-16)33-11-10-29-26(31)25(34-27(29)32)14-21-13-19(4)30(20(21)5)22-9-8-17(2)23(28)15-22/h6-9,12-15H,10-11H2,1-5H3/b25-14-. The number of ether oxygens (including phenoxy) is 1. The van der Waals surface area contributed by atoms with E-state index < -0.39 is 0 Å². The van der Waals surface area contributed by atoms with Crippen molar-refractivity contribution in [2.24, 2.45) is 0 Å². The summed E-state index contributed by atoms with van der Waals surface area (Å²) in [6, 6.07) is 13.9. The molecule has 3 aromatic rings. The number of hydrogen-bond acceptors (Lipinski definition) is 4. The number of halogens is 1. The van der Waals surface area contributed by atoms with Crippen molar-refractivity contribution in [1.29, 1.82) is 0 Å². The Labute approximate surface area is 209 Å². The highest BCUT2D eigenvalue weighted by molar-refractivity contribution is 8.18. The fourth-order valence-corrected chi connectivity index (χ4v) is 5.03. The van der Waals surface area contributed by atoms with Crippen LogP contribution < -0.4 is 4.74 Å². The van der Waals surface area contributed by atoms with Crippen LogP contribution in [0.5, 0.6) is 5.75 Å². The summed E-state index contributed by atoms with van der Waals surface area (Å²) in [5.74, 6) is 0.480. The van der Waals surface area contributed by atoms with Crippen molar-refractivity contribution < 1.29 is 14.3 Å². The van der Waals surface area contributed by atoms with E-state index in [4.69, 9.17) is 16.3 Å². The lowest BCUT2D eigenvalue weighted by molar-refractivity contribution is -0.123. The van der Waals surface area contributed by atoms with Gasteiger partial charge in [-0.15, -0.1) is 0 Å². The van der Waals surface area contributed by atoms with E-state index in [0.29, 0.717) is 9.93 Å².